The summed E-state index contributed by atoms with van der Waals surface area (Å²) < 4.78 is 5.17. The fraction of sp³-hybridized carbons (Fsp3) is 0.846. The second-order valence-electron chi connectivity index (χ2n) is 4.68. The number of ether oxygens (including phenoxy) is 1. The standard InChI is InChI=1S/C13H23NO4/c1-2-18-9-5-8-14-12(15)10-6-3-4-7-11(10)13(16)17/h10-11H,2-9H2,1H3,(H,14,15)(H,16,17)/t10-,11+/m1/s1. The highest BCUT2D eigenvalue weighted by Gasteiger charge is 2.35. The SMILES string of the molecule is CCOCCCNC(=O)[C@@H]1CCCC[C@@H]1C(=O)O. The molecule has 0 aromatic heterocycles. The van der Waals surface area contributed by atoms with Crippen LogP contribution in [-0.2, 0) is 14.3 Å². The maximum atomic E-state index is 11.9. The molecule has 0 unspecified atom stereocenters. The van der Waals surface area contributed by atoms with Crippen molar-refractivity contribution < 1.29 is 19.4 Å². The molecule has 0 saturated heterocycles. The molecule has 1 saturated carbocycles. The zero-order chi connectivity index (χ0) is 13.4. The van der Waals surface area contributed by atoms with E-state index >= 15 is 0 Å². The van der Waals surface area contributed by atoms with Gasteiger partial charge in [-0.25, -0.2) is 0 Å². The second-order valence-corrected chi connectivity index (χ2v) is 4.68. The van der Waals surface area contributed by atoms with Crippen molar-refractivity contribution in [3.8, 4) is 0 Å². The van der Waals surface area contributed by atoms with E-state index in [-0.39, 0.29) is 11.8 Å². The molecule has 5 nitrogen and oxygen atoms in total. The first-order valence-electron chi connectivity index (χ1n) is 6.75. The lowest BCUT2D eigenvalue weighted by atomic mass is 9.79. The summed E-state index contributed by atoms with van der Waals surface area (Å²) in [6, 6.07) is 0. The first kappa shape index (κ1) is 15.0. The average molecular weight is 257 g/mol. The van der Waals surface area contributed by atoms with Crippen molar-refractivity contribution in [2.75, 3.05) is 19.8 Å². The molecule has 0 aliphatic heterocycles. The van der Waals surface area contributed by atoms with Crippen LogP contribution in [0.3, 0.4) is 0 Å². The number of carbonyl (C=O) groups excluding carboxylic acids is 1. The van der Waals surface area contributed by atoms with E-state index in [1.54, 1.807) is 0 Å². The van der Waals surface area contributed by atoms with E-state index in [2.05, 4.69) is 5.32 Å². The minimum absolute atomic E-state index is 0.112. The molecule has 0 heterocycles. The third-order valence-corrected chi connectivity index (χ3v) is 3.39. The molecule has 0 aromatic rings. The van der Waals surface area contributed by atoms with Gasteiger partial charge in [0.25, 0.3) is 0 Å². The van der Waals surface area contributed by atoms with E-state index in [1.807, 2.05) is 6.92 Å². The molecule has 1 fully saturated rings. The summed E-state index contributed by atoms with van der Waals surface area (Å²) in [6.07, 6.45) is 3.93. The summed E-state index contributed by atoms with van der Waals surface area (Å²) in [5.74, 6) is -1.82. The van der Waals surface area contributed by atoms with Crippen LogP contribution < -0.4 is 5.32 Å². The molecular weight excluding hydrogens is 234 g/mol. The molecule has 18 heavy (non-hydrogen) atoms. The van der Waals surface area contributed by atoms with Gasteiger partial charge in [0, 0.05) is 19.8 Å². The second kappa shape index (κ2) is 8.08. The zero-order valence-corrected chi connectivity index (χ0v) is 11.0. The van der Waals surface area contributed by atoms with Crippen LogP contribution in [0.1, 0.15) is 39.0 Å². The minimum Gasteiger partial charge on any atom is -0.481 e. The van der Waals surface area contributed by atoms with Gasteiger partial charge in [0.2, 0.25) is 5.91 Å². The van der Waals surface area contributed by atoms with Crippen LogP contribution in [0.4, 0.5) is 0 Å². The monoisotopic (exact) mass is 257 g/mol. The van der Waals surface area contributed by atoms with Crippen molar-refractivity contribution in [2.24, 2.45) is 11.8 Å². The van der Waals surface area contributed by atoms with Gasteiger partial charge < -0.3 is 15.2 Å². The molecule has 2 N–H and O–H groups in total. The Kier molecular flexibility index (Phi) is 6.72. The minimum atomic E-state index is -0.843. The molecule has 0 aromatic carbocycles. The summed E-state index contributed by atoms with van der Waals surface area (Å²) in [6.45, 7) is 3.79. The topological polar surface area (TPSA) is 75.6 Å². The van der Waals surface area contributed by atoms with E-state index in [0.717, 1.165) is 19.3 Å². The number of hydrogen-bond donors (Lipinski definition) is 2. The fourth-order valence-corrected chi connectivity index (χ4v) is 2.40. The molecule has 5 heteroatoms. The largest absolute Gasteiger partial charge is 0.481 e. The van der Waals surface area contributed by atoms with E-state index in [0.29, 0.717) is 32.6 Å². The molecule has 1 aliphatic carbocycles. The van der Waals surface area contributed by atoms with Crippen molar-refractivity contribution >= 4 is 11.9 Å². The Bertz CT molecular complexity index is 280. The van der Waals surface area contributed by atoms with Crippen molar-refractivity contribution in [3.05, 3.63) is 0 Å². The van der Waals surface area contributed by atoms with E-state index in [4.69, 9.17) is 9.84 Å². The number of carboxylic acid groups (broad SMARTS) is 1. The lowest BCUT2D eigenvalue weighted by molar-refractivity contribution is -0.148. The number of hydrogen-bond acceptors (Lipinski definition) is 3. The highest BCUT2D eigenvalue weighted by molar-refractivity contribution is 5.84. The summed E-state index contributed by atoms with van der Waals surface area (Å²) in [5.41, 5.74) is 0. The van der Waals surface area contributed by atoms with Crippen molar-refractivity contribution in [1.82, 2.24) is 5.32 Å². The van der Waals surface area contributed by atoms with Crippen molar-refractivity contribution in [1.29, 1.82) is 0 Å². The molecule has 1 rings (SSSR count). The van der Waals surface area contributed by atoms with Crippen LogP contribution in [0.25, 0.3) is 0 Å². The molecule has 0 radical (unpaired) electrons. The Balaban J connectivity index is 2.32. The first-order chi connectivity index (χ1) is 8.66. The summed E-state index contributed by atoms with van der Waals surface area (Å²) in [7, 11) is 0. The van der Waals surface area contributed by atoms with Gasteiger partial charge in [-0.2, -0.15) is 0 Å². The molecule has 1 aliphatic rings. The van der Waals surface area contributed by atoms with Gasteiger partial charge in [0.15, 0.2) is 0 Å². The van der Waals surface area contributed by atoms with Crippen LogP contribution in [0, 0.1) is 11.8 Å². The van der Waals surface area contributed by atoms with Crippen LogP contribution in [0.5, 0.6) is 0 Å². The Hall–Kier alpha value is -1.10. The van der Waals surface area contributed by atoms with Crippen LogP contribution in [0.15, 0.2) is 0 Å². The van der Waals surface area contributed by atoms with E-state index < -0.39 is 11.9 Å². The van der Waals surface area contributed by atoms with Gasteiger partial charge in [-0.15, -0.1) is 0 Å². The predicted molar refractivity (Wildman–Crippen MR) is 67.2 cm³/mol. The lowest BCUT2D eigenvalue weighted by Gasteiger charge is -2.27. The van der Waals surface area contributed by atoms with Crippen LogP contribution >= 0.6 is 0 Å². The summed E-state index contributed by atoms with van der Waals surface area (Å²) in [4.78, 5) is 23.0. The average Bonchev–Trinajstić information content (AvgIpc) is 2.38. The fourth-order valence-electron chi connectivity index (χ4n) is 2.40. The number of rotatable bonds is 7. The molecule has 0 spiro atoms. The Morgan fingerprint density at radius 2 is 1.94 bits per heavy atom. The highest BCUT2D eigenvalue weighted by atomic mass is 16.5. The quantitative estimate of drug-likeness (QED) is 0.676. The van der Waals surface area contributed by atoms with Crippen LogP contribution in [-0.4, -0.2) is 36.7 Å². The first-order valence-corrected chi connectivity index (χ1v) is 6.75. The molecule has 0 bridgehead atoms. The number of carbonyl (C=O) groups is 2. The van der Waals surface area contributed by atoms with E-state index in [9.17, 15) is 9.59 Å². The van der Waals surface area contributed by atoms with E-state index in [1.165, 1.54) is 0 Å². The molecule has 2 atom stereocenters. The molecular formula is C13H23NO4. The maximum Gasteiger partial charge on any atom is 0.307 e. The number of nitrogens with one attached hydrogen (secondary N) is 1. The third kappa shape index (κ3) is 4.64. The normalized spacial score (nSPS) is 23.6. The Morgan fingerprint density at radius 1 is 1.28 bits per heavy atom. The van der Waals surface area contributed by atoms with Gasteiger partial charge in [-0.05, 0) is 26.2 Å². The van der Waals surface area contributed by atoms with Gasteiger partial charge in [0.05, 0.1) is 11.8 Å². The van der Waals surface area contributed by atoms with Gasteiger partial charge >= 0.3 is 5.97 Å². The molecule has 104 valence electrons. The third-order valence-electron chi connectivity index (χ3n) is 3.39. The summed E-state index contributed by atoms with van der Waals surface area (Å²) in [5, 5.41) is 11.9. The Labute approximate surface area is 108 Å². The predicted octanol–water partition coefficient (Wildman–Crippen LogP) is 1.42. The van der Waals surface area contributed by atoms with Crippen molar-refractivity contribution in [2.45, 2.75) is 39.0 Å². The number of aliphatic carboxylic acids is 1. The zero-order valence-electron chi connectivity index (χ0n) is 11.0. The highest BCUT2D eigenvalue weighted by Crippen LogP contribution is 2.30. The number of carboxylic acids is 1. The van der Waals surface area contributed by atoms with Crippen molar-refractivity contribution in [3.63, 3.8) is 0 Å². The van der Waals surface area contributed by atoms with Crippen LogP contribution in [0.2, 0.25) is 0 Å². The van der Waals surface area contributed by atoms with Gasteiger partial charge in [-0.3, -0.25) is 9.59 Å². The smallest absolute Gasteiger partial charge is 0.307 e. The summed E-state index contributed by atoms with van der Waals surface area (Å²) >= 11 is 0. The van der Waals surface area contributed by atoms with Gasteiger partial charge in [0.1, 0.15) is 0 Å². The lowest BCUT2D eigenvalue weighted by Crippen LogP contribution is -2.40. The number of amides is 1. The van der Waals surface area contributed by atoms with Gasteiger partial charge in [-0.1, -0.05) is 12.8 Å². The maximum absolute atomic E-state index is 11.9. The Morgan fingerprint density at radius 3 is 2.56 bits per heavy atom. The molecule has 1 amide bonds.